The number of hydrogen-bond donors (Lipinski definition) is 1. The van der Waals surface area contributed by atoms with Crippen LogP contribution in [0.1, 0.15) is 34.5 Å². The van der Waals surface area contributed by atoms with Crippen molar-refractivity contribution in [2.24, 2.45) is 7.05 Å². The molecule has 0 bridgehead atoms. The lowest BCUT2D eigenvalue weighted by Gasteiger charge is -2.35. The first kappa shape index (κ1) is 16.5. The van der Waals surface area contributed by atoms with Crippen LogP contribution in [0.4, 0.5) is 10.1 Å². The third-order valence-corrected chi connectivity index (χ3v) is 4.74. The van der Waals surface area contributed by atoms with Crippen molar-refractivity contribution in [3.8, 4) is 0 Å². The molecule has 2 aromatic rings. The van der Waals surface area contributed by atoms with E-state index >= 15 is 0 Å². The van der Waals surface area contributed by atoms with Crippen molar-refractivity contribution in [3.05, 3.63) is 47.0 Å². The molecule has 128 valence electrons. The lowest BCUT2D eigenvalue weighted by Crippen LogP contribution is -2.48. The summed E-state index contributed by atoms with van der Waals surface area (Å²) in [7, 11) is 1.83. The topological polar surface area (TPSA) is 50.2 Å². The molecule has 0 saturated carbocycles. The van der Waals surface area contributed by atoms with Crippen molar-refractivity contribution in [3.63, 3.8) is 0 Å². The minimum Gasteiger partial charge on any atom is -0.369 e. The summed E-state index contributed by atoms with van der Waals surface area (Å²) in [5.74, 6) is -0.298. The van der Waals surface area contributed by atoms with Gasteiger partial charge < -0.3 is 10.2 Å². The molecule has 1 aromatic heterocycles. The molecule has 6 heteroatoms. The van der Waals surface area contributed by atoms with Gasteiger partial charge in [0.15, 0.2) is 0 Å². The Labute approximate surface area is 141 Å². The number of carbonyl (C=O) groups excluding carboxylic acids is 1. The fraction of sp³-hybridized carbons (Fsp3) is 0.444. The van der Waals surface area contributed by atoms with E-state index in [1.807, 2.05) is 27.0 Å². The van der Waals surface area contributed by atoms with Gasteiger partial charge in [0.25, 0.3) is 5.91 Å². The molecule has 5 nitrogen and oxygen atoms in total. The van der Waals surface area contributed by atoms with Gasteiger partial charge in [-0.2, -0.15) is 5.10 Å². The highest BCUT2D eigenvalue weighted by molar-refractivity contribution is 5.95. The summed E-state index contributed by atoms with van der Waals surface area (Å²) >= 11 is 0. The molecule has 1 N–H and O–H groups in total. The van der Waals surface area contributed by atoms with Crippen molar-refractivity contribution in [2.75, 3.05) is 18.0 Å². The van der Waals surface area contributed by atoms with Gasteiger partial charge in [0.05, 0.1) is 11.8 Å². The minimum atomic E-state index is -0.217. The molecule has 0 radical (unpaired) electrons. The Balaban J connectivity index is 1.69. The van der Waals surface area contributed by atoms with Gasteiger partial charge in [-0.05, 0) is 50.5 Å². The molecule has 1 fully saturated rings. The number of nitrogens with one attached hydrogen (secondary N) is 1. The van der Waals surface area contributed by atoms with Crippen LogP contribution in [0.3, 0.4) is 0 Å². The van der Waals surface area contributed by atoms with Crippen LogP contribution in [0, 0.1) is 19.7 Å². The Morgan fingerprint density at radius 2 is 2.17 bits per heavy atom. The number of piperidine rings is 1. The van der Waals surface area contributed by atoms with Crippen molar-refractivity contribution in [1.82, 2.24) is 15.1 Å². The van der Waals surface area contributed by atoms with Gasteiger partial charge in [0, 0.05) is 37.6 Å². The predicted molar refractivity (Wildman–Crippen MR) is 91.8 cm³/mol. The van der Waals surface area contributed by atoms with Gasteiger partial charge in [-0.1, -0.05) is 0 Å². The second kappa shape index (κ2) is 6.63. The van der Waals surface area contributed by atoms with E-state index in [0.717, 1.165) is 42.9 Å². The number of carbonyl (C=O) groups is 1. The molecule has 0 spiro atoms. The number of aromatic nitrogens is 2. The number of amides is 1. The third kappa shape index (κ3) is 3.27. The quantitative estimate of drug-likeness (QED) is 0.941. The number of rotatable bonds is 3. The largest absolute Gasteiger partial charge is 0.369 e. The smallest absolute Gasteiger partial charge is 0.255 e. The Morgan fingerprint density at radius 1 is 1.38 bits per heavy atom. The summed E-state index contributed by atoms with van der Waals surface area (Å²) in [6, 6.07) is 4.94. The first-order valence-electron chi connectivity index (χ1n) is 8.26. The van der Waals surface area contributed by atoms with Crippen LogP contribution in [-0.2, 0) is 7.05 Å². The predicted octanol–water partition coefficient (Wildman–Crippen LogP) is 2.57. The SMILES string of the molecule is Cc1cc(F)ccc1N1CCCC(NC(=O)c2cnn(C)c2C)C1. The molecule has 1 amide bonds. The van der Waals surface area contributed by atoms with Crippen LogP contribution in [0.5, 0.6) is 0 Å². The van der Waals surface area contributed by atoms with Gasteiger partial charge in [-0.3, -0.25) is 9.48 Å². The van der Waals surface area contributed by atoms with Crippen LogP contribution in [0.25, 0.3) is 0 Å². The summed E-state index contributed by atoms with van der Waals surface area (Å²) in [5, 5.41) is 7.23. The Bertz CT molecular complexity index is 755. The first-order valence-corrected chi connectivity index (χ1v) is 8.26. The van der Waals surface area contributed by atoms with Gasteiger partial charge in [-0.15, -0.1) is 0 Å². The zero-order valence-corrected chi connectivity index (χ0v) is 14.3. The molecule has 1 aliphatic rings. The fourth-order valence-corrected chi connectivity index (χ4v) is 3.27. The van der Waals surface area contributed by atoms with E-state index in [-0.39, 0.29) is 17.8 Å². The van der Waals surface area contributed by atoms with Crippen LogP contribution in [-0.4, -0.2) is 34.8 Å². The normalized spacial score (nSPS) is 17.8. The van der Waals surface area contributed by atoms with E-state index in [4.69, 9.17) is 0 Å². The second-order valence-electron chi connectivity index (χ2n) is 6.46. The van der Waals surface area contributed by atoms with Crippen LogP contribution >= 0.6 is 0 Å². The van der Waals surface area contributed by atoms with Crippen molar-refractivity contribution >= 4 is 11.6 Å². The summed E-state index contributed by atoms with van der Waals surface area (Å²) < 4.78 is 15.0. The number of nitrogens with zero attached hydrogens (tertiary/aromatic N) is 3. The summed E-state index contributed by atoms with van der Waals surface area (Å²) in [4.78, 5) is 14.7. The zero-order valence-electron chi connectivity index (χ0n) is 14.3. The molecule has 24 heavy (non-hydrogen) atoms. The van der Waals surface area contributed by atoms with E-state index in [0.29, 0.717) is 5.56 Å². The van der Waals surface area contributed by atoms with E-state index in [9.17, 15) is 9.18 Å². The number of hydrogen-bond acceptors (Lipinski definition) is 3. The average Bonchev–Trinajstić information content (AvgIpc) is 2.87. The van der Waals surface area contributed by atoms with E-state index in [1.54, 1.807) is 16.9 Å². The van der Waals surface area contributed by atoms with Crippen molar-refractivity contribution in [2.45, 2.75) is 32.7 Å². The molecule has 1 atom stereocenters. The number of halogens is 1. The molecule has 2 heterocycles. The highest BCUT2D eigenvalue weighted by Gasteiger charge is 2.24. The van der Waals surface area contributed by atoms with Crippen LogP contribution in [0.15, 0.2) is 24.4 Å². The number of benzene rings is 1. The highest BCUT2D eigenvalue weighted by atomic mass is 19.1. The molecular formula is C18H23FN4O. The van der Waals surface area contributed by atoms with Crippen LogP contribution in [0.2, 0.25) is 0 Å². The molecule has 1 aromatic carbocycles. The van der Waals surface area contributed by atoms with Gasteiger partial charge >= 0.3 is 0 Å². The van der Waals surface area contributed by atoms with E-state index in [1.165, 1.54) is 6.07 Å². The van der Waals surface area contributed by atoms with Gasteiger partial charge in [0.2, 0.25) is 0 Å². The van der Waals surface area contributed by atoms with Gasteiger partial charge in [-0.25, -0.2) is 4.39 Å². The summed E-state index contributed by atoms with van der Waals surface area (Å²) in [5.41, 5.74) is 3.43. The monoisotopic (exact) mass is 330 g/mol. The Morgan fingerprint density at radius 3 is 2.83 bits per heavy atom. The van der Waals surface area contributed by atoms with Crippen molar-refractivity contribution in [1.29, 1.82) is 0 Å². The van der Waals surface area contributed by atoms with Crippen LogP contribution < -0.4 is 10.2 Å². The third-order valence-electron chi connectivity index (χ3n) is 4.74. The average molecular weight is 330 g/mol. The summed E-state index contributed by atoms with van der Waals surface area (Å²) in [6.45, 7) is 5.46. The minimum absolute atomic E-state index is 0.0790. The fourth-order valence-electron chi connectivity index (χ4n) is 3.27. The Hall–Kier alpha value is -2.37. The maximum atomic E-state index is 13.3. The zero-order chi connectivity index (χ0) is 17.3. The maximum Gasteiger partial charge on any atom is 0.255 e. The highest BCUT2D eigenvalue weighted by Crippen LogP contribution is 2.24. The molecule has 1 unspecified atom stereocenters. The molecule has 0 aliphatic carbocycles. The lowest BCUT2D eigenvalue weighted by atomic mass is 10.0. The molecule has 1 saturated heterocycles. The molecule has 3 rings (SSSR count). The lowest BCUT2D eigenvalue weighted by molar-refractivity contribution is 0.0932. The van der Waals surface area contributed by atoms with E-state index < -0.39 is 0 Å². The first-order chi connectivity index (χ1) is 11.5. The standard InChI is InChI=1S/C18H23FN4O/c1-12-9-14(19)6-7-17(12)23-8-4-5-15(11-23)21-18(24)16-10-20-22(3)13(16)2/h6-7,9-10,15H,4-5,8,11H2,1-3H3,(H,21,24). The Kier molecular flexibility index (Phi) is 4.55. The number of aryl methyl sites for hydroxylation is 2. The van der Waals surface area contributed by atoms with Crippen molar-refractivity contribution < 1.29 is 9.18 Å². The second-order valence-corrected chi connectivity index (χ2v) is 6.46. The molecular weight excluding hydrogens is 307 g/mol. The maximum absolute atomic E-state index is 13.3. The van der Waals surface area contributed by atoms with Gasteiger partial charge in [0.1, 0.15) is 5.82 Å². The summed E-state index contributed by atoms with van der Waals surface area (Å²) in [6.07, 6.45) is 3.55. The molecule has 1 aliphatic heterocycles. The van der Waals surface area contributed by atoms with E-state index in [2.05, 4.69) is 15.3 Å². The number of anilines is 1.